The first-order chi connectivity index (χ1) is 18.0. The van der Waals surface area contributed by atoms with Crippen LogP contribution in [0.2, 0.25) is 0 Å². The zero-order valence-electron chi connectivity index (χ0n) is 23.3. The summed E-state index contributed by atoms with van der Waals surface area (Å²) >= 11 is 0. The highest BCUT2D eigenvalue weighted by Gasteiger charge is 2.16. The van der Waals surface area contributed by atoms with Crippen LogP contribution in [0.3, 0.4) is 0 Å². The van der Waals surface area contributed by atoms with Crippen LogP contribution >= 0.6 is 0 Å². The van der Waals surface area contributed by atoms with Crippen molar-refractivity contribution in [1.82, 2.24) is 5.32 Å². The van der Waals surface area contributed by atoms with Gasteiger partial charge in [-0.25, -0.2) is 0 Å². The Balaban J connectivity index is 1.71. The van der Waals surface area contributed by atoms with Crippen LogP contribution in [0.5, 0.6) is 5.75 Å². The summed E-state index contributed by atoms with van der Waals surface area (Å²) in [5.41, 5.74) is 5.28. The molecule has 5 heteroatoms. The molecule has 38 heavy (non-hydrogen) atoms. The average Bonchev–Trinajstić information content (AvgIpc) is 2.88. The molecule has 0 aliphatic heterocycles. The van der Waals surface area contributed by atoms with E-state index in [0.29, 0.717) is 11.5 Å². The van der Waals surface area contributed by atoms with Gasteiger partial charge in [0, 0.05) is 12.1 Å². The summed E-state index contributed by atoms with van der Waals surface area (Å²) in [5.74, 6) is 0.219. The summed E-state index contributed by atoms with van der Waals surface area (Å²) in [6, 6.07) is 24.4. The van der Waals surface area contributed by atoms with Gasteiger partial charge in [-0.2, -0.15) is 0 Å². The number of ether oxygens (including phenoxy) is 1. The van der Waals surface area contributed by atoms with Crippen LogP contribution in [0.1, 0.15) is 87.9 Å². The maximum atomic E-state index is 12.3. The lowest BCUT2D eigenvalue weighted by molar-refractivity contribution is -0.136. The van der Waals surface area contributed by atoms with Gasteiger partial charge in [-0.15, -0.1) is 0 Å². The number of benzene rings is 3. The number of nitrogens with one attached hydrogen (secondary N) is 1. The Hall–Kier alpha value is -3.60. The molecule has 0 aliphatic rings. The number of amides is 1. The zero-order valence-corrected chi connectivity index (χ0v) is 23.3. The Morgan fingerprint density at radius 3 is 1.95 bits per heavy atom. The van der Waals surface area contributed by atoms with Crippen molar-refractivity contribution in [2.45, 2.75) is 71.8 Å². The maximum absolute atomic E-state index is 12.3. The third kappa shape index (κ3) is 8.76. The van der Waals surface area contributed by atoms with Gasteiger partial charge in [-0.05, 0) is 70.7 Å². The molecular weight excluding hydrogens is 474 g/mol. The van der Waals surface area contributed by atoms with E-state index in [1.165, 1.54) is 11.1 Å². The molecular formula is C33H41NO4. The minimum atomic E-state index is -0.937. The zero-order chi connectivity index (χ0) is 27.7. The fourth-order valence-electron chi connectivity index (χ4n) is 4.29. The fourth-order valence-corrected chi connectivity index (χ4v) is 4.29. The van der Waals surface area contributed by atoms with Crippen LogP contribution in [0, 0.1) is 5.92 Å². The van der Waals surface area contributed by atoms with Crippen LogP contribution in [-0.4, -0.2) is 23.5 Å². The molecule has 2 N–H and O–H groups in total. The summed E-state index contributed by atoms with van der Waals surface area (Å²) in [5, 5.41) is 11.4. The number of hydrogen-bond donors (Lipinski definition) is 2. The lowest BCUT2D eigenvalue weighted by Gasteiger charge is -2.21. The summed E-state index contributed by atoms with van der Waals surface area (Å²) in [7, 11) is 0. The Morgan fingerprint density at radius 1 is 0.842 bits per heavy atom. The predicted octanol–water partition coefficient (Wildman–Crippen LogP) is 7.80. The van der Waals surface area contributed by atoms with Crippen LogP contribution in [-0.2, 0) is 10.2 Å². The Labute approximate surface area is 227 Å². The molecule has 0 aliphatic carbocycles. The van der Waals surface area contributed by atoms with Crippen molar-refractivity contribution in [2.24, 2.45) is 5.92 Å². The van der Waals surface area contributed by atoms with Crippen molar-refractivity contribution in [2.75, 3.05) is 6.54 Å². The van der Waals surface area contributed by atoms with Gasteiger partial charge in [0.25, 0.3) is 5.91 Å². The first kappa shape index (κ1) is 29.0. The summed E-state index contributed by atoms with van der Waals surface area (Å²) < 4.78 is 6.46. The van der Waals surface area contributed by atoms with Gasteiger partial charge in [0.05, 0.1) is 6.42 Å². The molecule has 1 unspecified atom stereocenters. The number of carbonyl (C=O) groups excluding carboxylic acids is 1. The molecule has 0 fully saturated rings. The number of hydrogen-bond acceptors (Lipinski definition) is 3. The first-order valence-corrected chi connectivity index (χ1v) is 13.5. The van der Waals surface area contributed by atoms with Gasteiger partial charge in [0.1, 0.15) is 11.9 Å². The summed E-state index contributed by atoms with van der Waals surface area (Å²) in [4.78, 5) is 23.0. The van der Waals surface area contributed by atoms with Crippen molar-refractivity contribution in [3.63, 3.8) is 0 Å². The van der Waals surface area contributed by atoms with E-state index in [4.69, 9.17) is 9.84 Å². The molecule has 3 rings (SSSR count). The molecule has 0 heterocycles. The van der Waals surface area contributed by atoms with Crippen LogP contribution < -0.4 is 10.1 Å². The molecule has 1 atom stereocenters. The molecule has 1 amide bonds. The van der Waals surface area contributed by atoms with Crippen molar-refractivity contribution < 1.29 is 19.4 Å². The Kier molecular flexibility index (Phi) is 10.1. The van der Waals surface area contributed by atoms with Gasteiger partial charge in [0.2, 0.25) is 0 Å². The largest absolute Gasteiger partial charge is 0.486 e. The van der Waals surface area contributed by atoms with Crippen molar-refractivity contribution >= 4 is 11.9 Å². The Bertz CT molecular complexity index is 1170. The second-order valence-corrected chi connectivity index (χ2v) is 11.3. The first-order valence-electron chi connectivity index (χ1n) is 13.5. The average molecular weight is 516 g/mol. The van der Waals surface area contributed by atoms with E-state index in [9.17, 15) is 9.59 Å². The molecule has 202 valence electrons. The van der Waals surface area contributed by atoms with Crippen LogP contribution in [0.4, 0.5) is 0 Å². The number of rotatable bonds is 12. The second-order valence-electron chi connectivity index (χ2n) is 11.3. The molecule has 0 saturated heterocycles. The second kappa shape index (κ2) is 13.3. The number of carboxylic acids is 1. The molecule has 0 spiro atoms. The highest BCUT2D eigenvalue weighted by atomic mass is 16.5. The SMILES string of the molecule is CC(C)CCCC(Oc1ccc(-c2ccc(C(C)(C)C)cc2)cc1)c1ccc(C(=O)NCCC(=O)O)cc1. The third-order valence-electron chi connectivity index (χ3n) is 6.63. The monoisotopic (exact) mass is 515 g/mol. The number of carbonyl (C=O) groups is 2. The maximum Gasteiger partial charge on any atom is 0.305 e. The van der Waals surface area contributed by atoms with Gasteiger partial charge in [-0.3, -0.25) is 9.59 Å². The predicted molar refractivity (Wildman–Crippen MR) is 154 cm³/mol. The van der Waals surface area contributed by atoms with Crippen molar-refractivity contribution in [1.29, 1.82) is 0 Å². The number of carboxylic acid groups (broad SMARTS) is 1. The summed E-state index contributed by atoms with van der Waals surface area (Å²) in [6.07, 6.45) is 2.80. The highest BCUT2D eigenvalue weighted by Crippen LogP contribution is 2.31. The van der Waals surface area contributed by atoms with Crippen molar-refractivity contribution in [3.8, 4) is 16.9 Å². The van der Waals surface area contributed by atoms with Gasteiger partial charge in [-0.1, -0.05) is 89.6 Å². The molecule has 0 saturated carbocycles. The molecule has 3 aromatic rings. The third-order valence-corrected chi connectivity index (χ3v) is 6.63. The normalized spacial score (nSPS) is 12.3. The van der Waals surface area contributed by atoms with E-state index in [1.807, 2.05) is 24.3 Å². The van der Waals surface area contributed by atoms with E-state index in [0.717, 1.165) is 36.1 Å². The number of aliphatic carboxylic acids is 1. The van der Waals surface area contributed by atoms with Crippen LogP contribution in [0.15, 0.2) is 72.8 Å². The standard InChI is InChI=1S/C33H41NO4/c1-23(2)7-6-8-30(26-9-11-27(12-10-26)32(37)34-22-21-31(35)36)38-29-19-15-25(16-20-29)24-13-17-28(18-14-24)33(3,4)5/h9-20,23,30H,6-8,21-22H2,1-5H3,(H,34,37)(H,35,36). The molecule has 0 aromatic heterocycles. The summed E-state index contributed by atoms with van der Waals surface area (Å²) in [6.45, 7) is 11.2. The fraction of sp³-hybridized carbons (Fsp3) is 0.394. The molecule has 3 aromatic carbocycles. The lowest BCUT2D eigenvalue weighted by atomic mass is 9.86. The lowest BCUT2D eigenvalue weighted by Crippen LogP contribution is -2.26. The van der Waals surface area contributed by atoms with Gasteiger partial charge in [0.15, 0.2) is 0 Å². The van der Waals surface area contributed by atoms with Gasteiger partial charge >= 0.3 is 5.97 Å². The molecule has 5 nitrogen and oxygen atoms in total. The van der Waals surface area contributed by atoms with E-state index >= 15 is 0 Å². The van der Waals surface area contributed by atoms with Gasteiger partial charge < -0.3 is 15.2 Å². The highest BCUT2D eigenvalue weighted by molar-refractivity contribution is 5.94. The smallest absolute Gasteiger partial charge is 0.305 e. The molecule has 0 radical (unpaired) electrons. The van der Waals surface area contributed by atoms with E-state index in [1.54, 1.807) is 12.1 Å². The van der Waals surface area contributed by atoms with Crippen LogP contribution in [0.25, 0.3) is 11.1 Å². The van der Waals surface area contributed by atoms with Crippen molar-refractivity contribution in [3.05, 3.63) is 89.5 Å². The van der Waals surface area contributed by atoms with E-state index < -0.39 is 5.97 Å². The minimum absolute atomic E-state index is 0.101. The topological polar surface area (TPSA) is 75.6 Å². The molecule has 0 bridgehead atoms. The van der Waals surface area contributed by atoms with E-state index in [2.05, 4.69) is 76.3 Å². The van der Waals surface area contributed by atoms with E-state index in [-0.39, 0.29) is 30.4 Å². The quantitative estimate of drug-likeness (QED) is 0.258. The minimum Gasteiger partial charge on any atom is -0.486 e. The Morgan fingerprint density at radius 2 is 1.42 bits per heavy atom.